The number of nitrogens with zero attached hydrogens (tertiary/aromatic N) is 2. The maximum atomic E-state index is 12.6. The number of carbonyl (C=O) groups excluding carboxylic acids is 1. The number of thiophene rings is 1. The van der Waals surface area contributed by atoms with E-state index in [9.17, 15) is 4.79 Å². The van der Waals surface area contributed by atoms with Crippen LogP contribution in [0.15, 0.2) is 52.3 Å². The van der Waals surface area contributed by atoms with Crippen LogP contribution in [0, 0.1) is 0 Å². The van der Waals surface area contributed by atoms with E-state index in [1.807, 2.05) is 35.2 Å². The van der Waals surface area contributed by atoms with Crippen molar-refractivity contribution in [3.63, 3.8) is 0 Å². The Labute approximate surface area is 151 Å². The number of benzene rings is 1. The van der Waals surface area contributed by atoms with Gasteiger partial charge in [-0.3, -0.25) is 9.69 Å². The first-order valence-electron chi connectivity index (χ1n) is 7.82. The van der Waals surface area contributed by atoms with Crippen LogP contribution in [0.5, 0.6) is 0 Å². The molecule has 6 heteroatoms. The molecule has 1 amide bonds. The zero-order valence-electron chi connectivity index (χ0n) is 13.2. The number of rotatable bonds is 3. The summed E-state index contributed by atoms with van der Waals surface area (Å²) in [4.78, 5) is 18.3. The van der Waals surface area contributed by atoms with Crippen LogP contribution in [0.2, 0.25) is 0 Å². The first-order chi connectivity index (χ1) is 11.3. The number of furan rings is 1. The summed E-state index contributed by atoms with van der Waals surface area (Å²) in [6, 6.07) is 13.8. The van der Waals surface area contributed by atoms with E-state index < -0.39 is 0 Å². The molecule has 4 nitrogen and oxygen atoms in total. The number of hydrogen-bond acceptors (Lipinski definition) is 4. The van der Waals surface area contributed by atoms with Crippen LogP contribution in [-0.2, 0) is 6.54 Å². The van der Waals surface area contributed by atoms with Crippen LogP contribution in [-0.4, -0.2) is 41.9 Å². The van der Waals surface area contributed by atoms with Crippen LogP contribution in [0.25, 0.3) is 11.0 Å². The lowest BCUT2D eigenvalue weighted by molar-refractivity contribution is 0.0601. The maximum Gasteiger partial charge on any atom is 0.289 e. The molecule has 1 aliphatic heterocycles. The third-order valence-electron chi connectivity index (χ3n) is 4.26. The molecule has 1 saturated heterocycles. The number of carbonyl (C=O) groups is 1. The Morgan fingerprint density at radius 1 is 1.08 bits per heavy atom. The second-order valence-corrected chi connectivity index (χ2v) is 6.83. The van der Waals surface area contributed by atoms with Gasteiger partial charge in [0.1, 0.15) is 5.58 Å². The zero-order valence-corrected chi connectivity index (χ0v) is 14.8. The van der Waals surface area contributed by atoms with Crippen molar-refractivity contribution in [3.05, 3.63) is 58.5 Å². The van der Waals surface area contributed by atoms with Crippen molar-refractivity contribution in [2.24, 2.45) is 0 Å². The molecule has 126 valence electrons. The van der Waals surface area contributed by atoms with Gasteiger partial charge >= 0.3 is 0 Å². The van der Waals surface area contributed by atoms with Gasteiger partial charge in [0, 0.05) is 43.0 Å². The highest BCUT2D eigenvalue weighted by Gasteiger charge is 2.24. The second-order valence-electron chi connectivity index (χ2n) is 5.80. The van der Waals surface area contributed by atoms with Crippen molar-refractivity contribution in [2.45, 2.75) is 6.54 Å². The Balaban J connectivity index is 0.00000169. The third kappa shape index (κ3) is 3.48. The van der Waals surface area contributed by atoms with Crippen LogP contribution >= 0.6 is 23.7 Å². The van der Waals surface area contributed by atoms with Crippen LogP contribution in [0.3, 0.4) is 0 Å². The molecular weight excluding hydrogens is 344 g/mol. The quantitative estimate of drug-likeness (QED) is 0.709. The first kappa shape index (κ1) is 17.0. The van der Waals surface area contributed by atoms with Gasteiger partial charge in [0.05, 0.1) is 0 Å². The van der Waals surface area contributed by atoms with Crippen molar-refractivity contribution in [1.29, 1.82) is 0 Å². The number of hydrogen-bond donors (Lipinski definition) is 0. The van der Waals surface area contributed by atoms with Gasteiger partial charge in [0.15, 0.2) is 5.76 Å². The van der Waals surface area contributed by atoms with E-state index >= 15 is 0 Å². The number of para-hydroxylation sites is 1. The molecule has 0 bridgehead atoms. The summed E-state index contributed by atoms with van der Waals surface area (Å²) in [6.07, 6.45) is 0. The Kier molecular flexibility index (Phi) is 5.23. The highest BCUT2D eigenvalue weighted by molar-refractivity contribution is 7.09. The molecule has 3 heterocycles. The second kappa shape index (κ2) is 7.38. The van der Waals surface area contributed by atoms with E-state index in [0.717, 1.165) is 43.7 Å². The van der Waals surface area contributed by atoms with Gasteiger partial charge in [-0.1, -0.05) is 24.3 Å². The zero-order chi connectivity index (χ0) is 15.6. The summed E-state index contributed by atoms with van der Waals surface area (Å²) in [6.45, 7) is 4.29. The van der Waals surface area contributed by atoms with Crippen LogP contribution in [0.4, 0.5) is 0 Å². The van der Waals surface area contributed by atoms with E-state index in [4.69, 9.17) is 4.42 Å². The molecule has 0 atom stereocenters. The molecule has 0 aliphatic carbocycles. The average molecular weight is 363 g/mol. The number of amides is 1. The molecule has 0 N–H and O–H groups in total. The topological polar surface area (TPSA) is 36.7 Å². The Morgan fingerprint density at radius 3 is 2.58 bits per heavy atom. The normalized spacial score (nSPS) is 15.4. The highest BCUT2D eigenvalue weighted by atomic mass is 35.5. The predicted octanol–water partition coefficient (Wildman–Crippen LogP) is 3.87. The lowest BCUT2D eigenvalue weighted by Crippen LogP contribution is -2.48. The molecule has 24 heavy (non-hydrogen) atoms. The minimum Gasteiger partial charge on any atom is -0.451 e. The van der Waals surface area contributed by atoms with Gasteiger partial charge < -0.3 is 9.32 Å². The molecule has 3 aromatic rings. The van der Waals surface area contributed by atoms with Gasteiger partial charge in [0.2, 0.25) is 0 Å². The van der Waals surface area contributed by atoms with Gasteiger partial charge in [-0.2, -0.15) is 0 Å². The van der Waals surface area contributed by atoms with Crippen LogP contribution < -0.4 is 0 Å². The van der Waals surface area contributed by atoms with Gasteiger partial charge in [-0.05, 0) is 23.6 Å². The number of piperazine rings is 1. The minimum absolute atomic E-state index is 0. The van der Waals surface area contributed by atoms with Crippen molar-refractivity contribution < 1.29 is 9.21 Å². The van der Waals surface area contributed by atoms with Gasteiger partial charge in [-0.15, -0.1) is 23.7 Å². The molecular formula is C18H19ClN2O2S. The van der Waals surface area contributed by atoms with E-state index in [1.54, 1.807) is 11.3 Å². The summed E-state index contributed by atoms with van der Waals surface area (Å²) in [5, 5.41) is 3.09. The molecule has 0 radical (unpaired) electrons. The van der Waals surface area contributed by atoms with E-state index in [2.05, 4.69) is 22.4 Å². The summed E-state index contributed by atoms with van der Waals surface area (Å²) in [5.74, 6) is 0.440. The van der Waals surface area contributed by atoms with Crippen molar-refractivity contribution in [3.8, 4) is 0 Å². The Morgan fingerprint density at radius 2 is 1.88 bits per heavy atom. The van der Waals surface area contributed by atoms with Gasteiger partial charge in [0.25, 0.3) is 5.91 Å². The molecule has 0 saturated carbocycles. The van der Waals surface area contributed by atoms with Gasteiger partial charge in [-0.25, -0.2) is 0 Å². The van der Waals surface area contributed by atoms with E-state index in [0.29, 0.717) is 5.76 Å². The van der Waals surface area contributed by atoms with Crippen molar-refractivity contribution >= 4 is 40.6 Å². The average Bonchev–Trinajstić information content (AvgIpc) is 3.24. The predicted molar refractivity (Wildman–Crippen MR) is 99.0 cm³/mol. The largest absolute Gasteiger partial charge is 0.451 e. The highest BCUT2D eigenvalue weighted by Crippen LogP contribution is 2.21. The molecule has 4 rings (SSSR count). The fourth-order valence-electron chi connectivity index (χ4n) is 2.98. The SMILES string of the molecule is Cl.O=C(c1cc2ccccc2o1)N1CCN(Cc2cccs2)CC1. The summed E-state index contributed by atoms with van der Waals surface area (Å²) >= 11 is 1.79. The smallest absolute Gasteiger partial charge is 0.289 e. The molecule has 1 aliphatic rings. The number of halogens is 1. The monoisotopic (exact) mass is 362 g/mol. The Hall–Kier alpha value is -1.82. The molecule has 0 unspecified atom stereocenters. The Bertz CT molecular complexity index is 774. The third-order valence-corrected chi connectivity index (χ3v) is 5.12. The van der Waals surface area contributed by atoms with Crippen molar-refractivity contribution in [1.82, 2.24) is 9.80 Å². The van der Waals surface area contributed by atoms with E-state index in [1.165, 1.54) is 4.88 Å². The van der Waals surface area contributed by atoms with Crippen molar-refractivity contribution in [2.75, 3.05) is 26.2 Å². The molecule has 1 fully saturated rings. The fourth-order valence-corrected chi connectivity index (χ4v) is 3.72. The number of fused-ring (bicyclic) bond motifs is 1. The lowest BCUT2D eigenvalue weighted by Gasteiger charge is -2.34. The van der Waals surface area contributed by atoms with E-state index in [-0.39, 0.29) is 18.3 Å². The lowest BCUT2D eigenvalue weighted by atomic mass is 10.2. The molecule has 0 spiro atoms. The maximum absolute atomic E-state index is 12.6. The minimum atomic E-state index is -0.00280. The summed E-state index contributed by atoms with van der Waals surface area (Å²) < 4.78 is 5.69. The van der Waals surface area contributed by atoms with Crippen LogP contribution in [0.1, 0.15) is 15.4 Å². The molecule has 1 aromatic carbocycles. The summed E-state index contributed by atoms with van der Waals surface area (Å²) in [5.41, 5.74) is 0.771. The fraction of sp³-hybridized carbons (Fsp3) is 0.278. The first-order valence-corrected chi connectivity index (χ1v) is 8.70. The standard InChI is InChI=1S/C18H18N2O2S.ClH/c21-18(17-12-14-4-1-2-6-16(14)22-17)20-9-7-19(8-10-20)13-15-5-3-11-23-15;/h1-6,11-12H,7-10,13H2;1H. The molecule has 2 aromatic heterocycles. The summed E-state index contributed by atoms with van der Waals surface area (Å²) in [7, 11) is 0.